The molecule has 4 heteroatoms. The van der Waals surface area contributed by atoms with Gasteiger partial charge in [-0.05, 0) is 62.3 Å². The van der Waals surface area contributed by atoms with Gasteiger partial charge in [-0.1, -0.05) is 18.0 Å². The van der Waals surface area contributed by atoms with Gasteiger partial charge in [0.15, 0.2) is 0 Å². The van der Waals surface area contributed by atoms with E-state index in [1.54, 1.807) is 11.8 Å². The number of benzene rings is 1. The molecule has 0 aromatic heterocycles. The summed E-state index contributed by atoms with van der Waals surface area (Å²) in [5.41, 5.74) is 0. The van der Waals surface area contributed by atoms with Crippen LogP contribution in [0.3, 0.4) is 0 Å². The Morgan fingerprint density at radius 1 is 1.30 bits per heavy atom. The first-order valence-electron chi connectivity index (χ1n) is 7.34. The highest BCUT2D eigenvalue weighted by atomic mass is 35.5. The van der Waals surface area contributed by atoms with Crippen LogP contribution in [0.25, 0.3) is 0 Å². The number of hydrogen-bond acceptors (Lipinski definition) is 2. The summed E-state index contributed by atoms with van der Waals surface area (Å²) in [5.74, 6) is 1.77. The lowest BCUT2D eigenvalue weighted by Gasteiger charge is -2.24. The van der Waals surface area contributed by atoms with E-state index >= 15 is 0 Å². The van der Waals surface area contributed by atoms with E-state index in [-0.39, 0.29) is 11.2 Å². The highest BCUT2D eigenvalue weighted by Crippen LogP contribution is 2.44. The predicted molar refractivity (Wildman–Crippen MR) is 84.1 cm³/mol. The third-order valence-electron chi connectivity index (χ3n) is 4.56. The number of carbonyl (C=O) groups excluding carboxylic acids is 1. The fourth-order valence-corrected chi connectivity index (χ4v) is 4.49. The van der Waals surface area contributed by atoms with Gasteiger partial charge in [0.05, 0.1) is 5.25 Å². The topological polar surface area (TPSA) is 29.1 Å². The Hall–Kier alpha value is -0.670. The van der Waals surface area contributed by atoms with Crippen molar-refractivity contribution in [2.45, 2.75) is 48.8 Å². The summed E-state index contributed by atoms with van der Waals surface area (Å²) >= 11 is 7.46. The van der Waals surface area contributed by atoms with Crippen molar-refractivity contribution in [2.75, 3.05) is 0 Å². The Bertz CT molecular complexity index is 490. The van der Waals surface area contributed by atoms with E-state index in [1.807, 2.05) is 31.2 Å². The van der Waals surface area contributed by atoms with Crippen molar-refractivity contribution in [3.8, 4) is 0 Å². The zero-order chi connectivity index (χ0) is 14.1. The van der Waals surface area contributed by atoms with Crippen LogP contribution in [-0.2, 0) is 4.79 Å². The normalized spacial score (nSPS) is 29.4. The van der Waals surface area contributed by atoms with Crippen LogP contribution in [0.2, 0.25) is 5.02 Å². The number of rotatable bonds is 4. The van der Waals surface area contributed by atoms with E-state index in [4.69, 9.17) is 11.6 Å². The van der Waals surface area contributed by atoms with Crippen molar-refractivity contribution in [3.63, 3.8) is 0 Å². The molecule has 1 aromatic rings. The smallest absolute Gasteiger partial charge is 0.233 e. The maximum atomic E-state index is 12.3. The molecule has 0 heterocycles. The standard InChI is InChI=1S/C16H20ClNOS/c1-10(20-14-6-4-13(17)5-7-14)16(19)18-15-9-11-2-3-12(15)8-11/h4-7,10-12,15H,2-3,8-9H2,1H3,(H,18,19)/t10-,11-,12-,15-/m1/s1. The van der Waals surface area contributed by atoms with Crippen LogP contribution >= 0.6 is 23.4 Å². The molecule has 20 heavy (non-hydrogen) atoms. The molecule has 0 saturated heterocycles. The number of halogens is 1. The number of fused-ring (bicyclic) bond motifs is 2. The zero-order valence-electron chi connectivity index (χ0n) is 11.6. The lowest BCUT2D eigenvalue weighted by Crippen LogP contribution is -2.42. The molecule has 3 rings (SSSR count). The fourth-order valence-electron chi connectivity index (χ4n) is 3.49. The van der Waals surface area contributed by atoms with E-state index in [1.165, 1.54) is 25.7 Å². The maximum Gasteiger partial charge on any atom is 0.233 e. The summed E-state index contributed by atoms with van der Waals surface area (Å²) in [4.78, 5) is 13.4. The molecule has 1 aromatic carbocycles. The number of hydrogen-bond donors (Lipinski definition) is 1. The minimum Gasteiger partial charge on any atom is -0.352 e. The number of thioether (sulfide) groups is 1. The van der Waals surface area contributed by atoms with Gasteiger partial charge in [0.1, 0.15) is 0 Å². The van der Waals surface area contributed by atoms with Gasteiger partial charge < -0.3 is 5.32 Å². The molecule has 0 aliphatic heterocycles. The highest BCUT2D eigenvalue weighted by Gasteiger charge is 2.40. The summed E-state index contributed by atoms with van der Waals surface area (Å²) in [6.45, 7) is 1.97. The van der Waals surface area contributed by atoms with E-state index < -0.39 is 0 Å². The van der Waals surface area contributed by atoms with E-state index in [0.29, 0.717) is 6.04 Å². The van der Waals surface area contributed by atoms with E-state index in [9.17, 15) is 4.79 Å². The number of nitrogens with one attached hydrogen (secondary N) is 1. The maximum absolute atomic E-state index is 12.3. The molecule has 2 aliphatic carbocycles. The molecule has 2 saturated carbocycles. The average Bonchev–Trinajstić information content (AvgIpc) is 3.03. The molecule has 2 fully saturated rings. The lowest BCUT2D eigenvalue weighted by molar-refractivity contribution is -0.121. The number of carbonyl (C=O) groups is 1. The fraction of sp³-hybridized carbons (Fsp3) is 0.562. The lowest BCUT2D eigenvalue weighted by atomic mass is 9.95. The van der Waals surface area contributed by atoms with Crippen LogP contribution < -0.4 is 5.32 Å². The molecule has 1 amide bonds. The molecular formula is C16H20ClNOS. The Labute approximate surface area is 129 Å². The van der Waals surface area contributed by atoms with Crippen LogP contribution in [0.4, 0.5) is 0 Å². The quantitative estimate of drug-likeness (QED) is 0.847. The molecule has 2 nitrogen and oxygen atoms in total. The zero-order valence-corrected chi connectivity index (χ0v) is 13.2. The van der Waals surface area contributed by atoms with Crippen molar-refractivity contribution >= 4 is 29.3 Å². The van der Waals surface area contributed by atoms with Crippen LogP contribution in [0.1, 0.15) is 32.6 Å². The van der Waals surface area contributed by atoms with Crippen LogP contribution in [0.15, 0.2) is 29.2 Å². The summed E-state index contributed by atoms with van der Waals surface area (Å²) in [7, 11) is 0. The molecule has 1 N–H and O–H groups in total. The van der Waals surface area contributed by atoms with E-state index in [0.717, 1.165) is 21.8 Å². The first-order valence-corrected chi connectivity index (χ1v) is 8.60. The third kappa shape index (κ3) is 3.15. The highest BCUT2D eigenvalue weighted by molar-refractivity contribution is 8.00. The molecule has 2 aliphatic rings. The Morgan fingerprint density at radius 2 is 2.05 bits per heavy atom. The van der Waals surface area contributed by atoms with Gasteiger partial charge in [-0.2, -0.15) is 0 Å². The summed E-state index contributed by atoms with van der Waals surface area (Å²) in [5, 5.41) is 3.93. The van der Waals surface area contributed by atoms with Gasteiger partial charge in [0, 0.05) is 16.0 Å². The van der Waals surface area contributed by atoms with Crippen LogP contribution in [-0.4, -0.2) is 17.2 Å². The molecule has 0 unspecified atom stereocenters. The first kappa shape index (κ1) is 14.3. The Balaban J connectivity index is 1.53. The summed E-state index contributed by atoms with van der Waals surface area (Å²) in [6, 6.07) is 8.09. The molecule has 0 spiro atoms. The predicted octanol–water partition coefficient (Wildman–Crippen LogP) is 4.13. The Kier molecular flexibility index (Phi) is 4.27. The van der Waals surface area contributed by atoms with E-state index in [2.05, 4.69) is 5.32 Å². The van der Waals surface area contributed by atoms with Gasteiger partial charge in [0.2, 0.25) is 5.91 Å². The minimum atomic E-state index is -0.0599. The SMILES string of the molecule is C[C@@H](Sc1ccc(Cl)cc1)C(=O)N[C@@H]1C[C@@H]2CC[C@@H]1C2. The van der Waals surface area contributed by atoms with Crippen LogP contribution in [0, 0.1) is 11.8 Å². The molecular weight excluding hydrogens is 290 g/mol. The minimum absolute atomic E-state index is 0.0599. The van der Waals surface area contributed by atoms with Crippen molar-refractivity contribution in [2.24, 2.45) is 11.8 Å². The third-order valence-corrected chi connectivity index (χ3v) is 5.93. The average molecular weight is 310 g/mol. The van der Waals surface area contributed by atoms with Crippen molar-refractivity contribution in [1.29, 1.82) is 0 Å². The van der Waals surface area contributed by atoms with Crippen molar-refractivity contribution in [1.82, 2.24) is 5.32 Å². The number of amides is 1. The molecule has 4 atom stereocenters. The van der Waals surface area contributed by atoms with Gasteiger partial charge in [0.25, 0.3) is 0 Å². The van der Waals surface area contributed by atoms with Crippen LogP contribution in [0.5, 0.6) is 0 Å². The Morgan fingerprint density at radius 3 is 2.65 bits per heavy atom. The second-order valence-electron chi connectivity index (χ2n) is 6.00. The molecule has 0 radical (unpaired) electrons. The van der Waals surface area contributed by atoms with Crippen molar-refractivity contribution in [3.05, 3.63) is 29.3 Å². The molecule has 2 bridgehead atoms. The largest absolute Gasteiger partial charge is 0.352 e. The summed E-state index contributed by atoms with van der Waals surface area (Å²) in [6.07, 6.45) is 5.18. The second kappa shape index (κ2) is 5.98. The first-order chi connectivity index (χ1) is 9.61. The van der Waals surface area contributed by atoms with Gasteiger partial charge in [-0.15, -0.1) is 11.8 Å². The van der Waals surface area contributed by atoms with Gasteiger partial charge in [-0.3, -0.25) is 4.79 Å². The van der Waals surface area contributed by atoms with Gasteiger partial charge in [-0.25, -0.2) is 0 Å². The second-order valence-corrected chi connectivity index (χ2v) is 7.85. The monoisotopic (exact) mass is 309 g/mol. The van der Waals surface area contributed by atoms with Crippen molar-refractivity contribution < 1.29 is 4.79 Å². The molecule has 108 valence electrons. The summed E-state index contributed by atoms with van der Waals surface area (Å²) < 4.78 is 0. The van der Waals surface area contributed by atoms with Gasteiger partial charge >= 0.3 is 0 Å².